The molecule has 0 radical (unpaired) electrons. The number of nitrogens with one attached hydrogen (secondary N) is 1. The van der Waals surface area contributed by atoms with E-state index in [1.807, 2.05) is 18.2 Å². The molecule has 0 bridgehead atoms. The van der Waals surface area contributed by atoms with Crippen molar-refractivity contribution >= 4 is 11.1 Å². The van der Waals surface area contributed by atoms with Crippen molar-refractivity contribution in [3.05, 3.63) is 34.3 Å². The summed E-state index contributed by atoms with van der Waals surface area (Å²) in [7, 11) is 1.67. The maximum atomic E-state index is 11.3. The first-order chi connectivity index (χ1) is 8.11. The van der Waals surface area contributed by atoms with Crippen LogP contribution in [0.25, 0.3) is 11.1 Å². The molecule has 17 heavy (non-hydrogen) atoms. The summed E-state index contributed by atoms with van der Waals surface area (Å²) in [6, 6.07) is 7.46. The second kappa shape index (κ2) is 4.44. The van der Waals surface area contributed by atoms with Crippen LogP contribution in [0.4, 0.5) is 0 Å². The average Bonchev–Trinajstić information content (AvgIpc) is 2.62. The summed E-state index contributed by atoms with van der Waals surface area (Å²) in [4.78, 5) is 11.3. The van der Waals surface area contributed by atoms with Crippen LogP contribution >= 0.6 is 0 Å². The van der Waals surface area contributed by atoms with Crippen molar-refractivity contribution in [3.63, 3.8) is 0 Å². The standard InChI is InChI=1S/C12H13N3O2/c1-8(6-13)14-7-9-3-4-10-11(5-9)17-12(16)15(10)2/h3-5,8,14H,7H2,1-2H3. The smallest absolute Gasteiger partial charge is 0.408 e. The van der Waals surface area contributed by atoms with Gasteiger partial charge < -0.3 is 4.42 Å². The predicted octanol–water partition coefficient (Wildman–Crippen LogP) is 1.13. The van der Waals surface area contributed by atoms with Gasteiger partial charge in [0.1, 0.15) is 0 Å². The van der Waals surface area contributed by atoms with Gasteiger partial charge in [-0.05, 0) is 24.6 Å². The van der Waals surface area contributed by atoms with E-state index in [2.05, 4.69) is 11.4 Å². The van der Waals surface area contributed by atoms with E-state index in [4.69, 9.17) is 9.68 Å². The van der Waals surface area contributed by atoms with Crippen molar-refractivity contribution in [3.8, 4) is 6.07 Å². The molecule has 1 atom stereocenters. The molecule has 0 amide bonds. The van der Waals surface area contributed by atoms with Crippen LogP contribution in [-0.4, -0.2) is 10.6 Å². The lowest BCUT2D eigenvalue weighted by Gasteiger charge is -2.05. The van der Waals surface area contributed by atoms with Crippen LogP contribution in [0, 0.1) is 11.3 Å². The normalized spacial score (nSPS) is 12.5. The number of oxazole rings is 1. The highest BCUT2D eigenvalue weighted by Crippen LogP contribution is 2.14. The van der Waals surface area contributed by atoms with E-state index in [1.165, 1.54) is 4.57 Å². The lowest BCUT2D eigenvalue weighted by Crippen LogP contribution is -2.23. The SMILES string of the molecule is CC(C#N)NCc1ccc2c(c1)oc(=O)n2C. The highest BCUT2D eigenvalue weighted by Gasteiger charge is 2.06. The van der Waals surface area contributed by atoms with Crippen molar-refractivity contribution in [2.75, 3.05) is 0 Å². The Balaban J connectivity index is 2.27. The summed E-state index contributed by atoms with van der Waals surface area (Å²) in [5.74, 6) is -0.365. The number of aromatic nitrogens is 1. The Labute approximate surface area is 98.3 Å². The molecule has 1 aromatic carbocycles. The third kappa shape index (κ3) is 2.22. The molecule has 2 rings (SSSR count). The zero-order valence-corrected chi connectivity index (χ0v) is 9.73. The molecule has 0 aliphatic carbocycles. The van der Waals surface area contributed by atoms with Gasteiger partial charge in [0.15, 0.2) is 5.58 Å². The summed E-state index contributed by atoms with van der Waals surface area (Å²) in [6.45, 7) is 2.37. The van der Waals surface area contributed by atoms with Crippen LogP contribution < -0.4 is 11.1 Å². The zero-order valence-electron chi connectivity index (χ0n) is 9.73. The topological polar surface area (TPSA) is 71.0 Å². The minimum absolute atomic E-state index is 0.200. The molecule has 88 valence electrons. The zero-order chi connectivity index (χ0) is 12.4. The number of hydrogen-bond donors (Lipinski definition) is 1. The maximum Gasteiger partial charge on any atom is 0.419 e. The molecule has 0 spiro atoms. The Hall–Kier alpha value is -2.06. The Bertz CT molecular complexity index is 633. The Morgan fingerprint density at radius 3 is 3.06 bits per heavy atom. The molecule has 5 nitrogen and oxygen atoms in total. The van der Waals surface area contributed by atoms with Crippen molar-refractivity contribution in [2.45, 2.75) is 19.5 Å². The molecular weight excluding hydrogens is 218 g/mol. The monoisotopic (exact) mass is 231 g/mol. The van der Waals surface area contributed by atoms with Crippen molar-refractivity contribution in [2.24, 2.45) is 7.05 Å². The fourth-order valence-electron chi connectivity index (χ4n) is 1.60. The van der Waals surface area contributed by atoms with E-state index >= 15 is 0 Å². The molecule has 1 unspecified atom stereocenters. The third-order valence-electron chi connectivity index (χ3n) is 2.66. The number of fused-ring (bicyclic) bond motifs is 1. The lowest BCUT2D eigenvalue weighted by atomic mass is 10.2. The van der Waals surface area contributed by atoms with E-state index < -0.39 is 0 Å². The molecule has 1 heterocycles. The minimum atomic E-state index is -0.365. The van der Waals surface area contributed by atoms with Gasteiger partial charge in [0.05, 0.1) is 17.6 Å². The number of nitriles is 1. The van der Waals surface area contributed by atoms with Gasteiger partial charge in [0.2, 0.25) is 0 Å². The van der Waals surface area contributed by atoms with Crippen LogP contribution in [0.3, 0.4) is 0 Å². The van der Waals surface area contributed by atoms with Gasteiger partial charge in [-0.15, -0.1) is 0 Å². The minimum Gasteiger partial charge on any atom is -0.408 e. The Kier molecular flexibility index (Phi) is 2.98. The van der Waals surface area contributed by atoms with Crippen molar-refractivity contribution < 1.29 is 4.42 Å². The number of aryl methyl sites for hydroxylation is 1. The third-order valence-corrected chi connectivity index (χ3v) is 2.66. The first-order valence-electron chi connectivity index (χ1n) is 5.33. The Morgan fingerprint density at radius 2 is 2.35 bits per heavy atom. The fraction of sp³-hybridized carbons (Fsp3) is 0.333. The van der Waals surface area contributed by atoms with Gasteiger partial charge in [-0.1, -0.05) is 6.07 Å². The number of hydrogen-bond acceptors (Lipinski definition) is 4. The first-order valence-corrected chi connectivity index (χ1v) is 5.33. The maximum absolute atomic E-state index is 11.3. The van der Waals surface area contributed by atoms with Gasteiger partial charge in [-0.2, -0.15) is 5.26 Å². The first kappa shape index (κ1) is 11.4. The quantitative estimate of drug-likeness (QED) is 0.859. The van der Waals surface area contributed by atoms with E-state index in [-0.39, 0.29) is 11.8 Å². The largest absolute Gasteiger partial charge is 0.419 e. The molecule has 5 heteroatoms. The summed E-state index contributed by atoms with van der Waals surface area (Å²) in [6.07, 6.45) is 0. The molecule has 0 aliphatic rings. The lowest BCUT2D eigenvalue weighted by molar-refractivity contribution is 0.527. The summed E-state index contributed by atoms with van der Waals surface area (Å²) in [5.41, 5.74) is 2.32. The fourth-order valence-corrected chi connectivity index (χ4v) is 1.60. The second-order valence-corrected chi connectivity index (χ2v) is 3.96. The van der Waals surface area contributed by atoms with Crippen LogP contribution in [0.15, 0.2) is 27.4 Å². The van der Waals surface area contributed by atoms with Gasteiger partial charge in [-0.25, -0.2) is 4.79 Å². The Morgan fingerprint density at radius 1 is 1.59 bits per heavy atom. The van der Waals surface area contributed by atoms with Gasteiger partial charge in [0.25, 0.3) is 0 Å². The van der Waals surface area contributed by atoms with Crippen molar-refractivity contribution in [1.29, 1.82) is 5.26 Å². The molecule has 1 N–H and O–H groups in total. The summed E-state index contributed by atoms with van der Waals surface area (Å²) >= 11 is 0. The van der Waals surface area contributed by atoms with E-state index in [1.54, 1.807) is 14.0 Å². The molecule has 0 fully saturated rings. The van der Waals surface area contributed by atoms with Crippen molar-refractivity contribution in [1.82, 2.24) is 9.88 Å². The van der Waals surface area contributed by atoms with Crippen LogP contribution in [0.2, 0.25) is 0 Å². The van der Waals surface area contributed by atoms with Gasteiger partial charge in [-0.3, -0.25) is 9.88 Å². The highest BCUT2D eigenvalue weighted by molar-refractivity contribution is 5.73. The predicted molar refractivity (Wildman–Crippen MR) is 63.4 cm³/mol. The molecule has 0 saturated heterocycles. The van der Waals surface area contributed by atoms with Gasteiger partial charge in [0, 0.05) is 13.6 Å². The molecule has 1 aromatic heterocycles. The summed E-state index contributed by atoms with van der Waals surface area (Å²) in [5, 5.41) is 11.7. The van der Waals surface area contributed by atoms with Crippen LogP contribution in [0.1, 0.15) is 12.5 Å². The van der Waals surface area contributed by atoms with E-state index in [9.17, 15) is 4.79 Å². The number of nitrogens with zero attached hydrogens (tertiary/aromatic N) is 2. The van der Waals surface area contributed by atoms with E-state index in [0.29, 0.717) is 12.1 Å². The average molecular weight is 231 g/mol. The second-order valence-electron chi connectivity index (χ2n) is 3.96. The summed E-state index contributed by atoms with van der Waals surface area (Å²) < 4.78 is 6.55. The molecular formula is C12H13N3O2. The van der Waals surface area contributed by atoms with E-state index in [0.717, 1.165) is 11.1 Å². The molecule has 0 saturated carbocycles. The van der Waals surface area contributed by atoms with Crippen LogP contribution in [-0.2, 0) is 13.6 Å². The molecule has 2 aromatic rings. The number of rotatable bonds is 3. The highest BCUT2D eigenvalue weighted by atomic mass is 16.4. The molecule has 0 aliphatic heterocycles. The van der Waals surface area contributed by atoms with Gasteiger partial charge >= 0.3 is 5.76 Å². The number of benzene rings is 1. The van der Waals surface area contributed by atoms with Crippen LogP contribution in [0.5, 0.6) is 0 Å².